The molecule has 0 radical (unpaired) electrons. The van der Waals surface area contributed by atoms with Gasteiger partial charge in [-0.05, 0) is 61.2 Å². The normalized spacial score (nSPS) is 65.2. The van der Waals surface area contributed by atoms with Gasteiger partial charge >= 0.3 is 0 Å². The van der Waals surface area contributed by atoms with E-state index >= 15 is 0 Å². The number of epoxide rings is 1. The summed E-state index contributed by atoms with van der Waals surface area (Å²) in [5.41, 5.74) is 1.44. The second-order valence-electron chi connectivity index (χ2n) is 7.84. The van der Waals surface area contributed by atoms with Crippen LogP contribution in [0.4, 0.5) is 0 Å². The Kier molecular flexibility index (Phi) is 1.48. The molecule has 1 heterocycles. The standard InChI is InChI=1S/C15H24O/c1-9-5-6-10-13(2,3)11-7-15(9,10)8-12-14(11,4)16-12/h9-12H,5-8H2,1-4H3/t9-,10+,11+,12?,14?,15+/m1/s1. The van der Waals surface area contributed by atoms with Gasteiger partial charge in [-0.15, -0.1) is 0 Å². The van der Waals surface area contributed by atoms with Gasteiger partial charge in [0.25, 0.3) is 0 Å². The van der Waals surface area contributed by atoms with Crippen LogP contribution in [0.3, 0.4) is 0 Å². The van der Waals surface area contributed by atoms with Crippen molar-refractivity contribution in [3.05, 3.63) is 0 Å². The summed E-state index contributed by atoms with van der Waals surface area (Å²) in [4.78, 5) is 0. The Hall–Kier alpha value is -0.0400. The van der Waals surface area contributed by atoms with Crippen molar-refractivity contribution in [2.75, 3.05) is 0 Å². The van der Waals surface area contributed by atoms with Crippen molar-refractivity contribution in [1.82, 2.24) is 0 Å². The quantitative estimate of drug-likeness (QED) is 0.568. The van der Waals surface area contributed by atoms with E-state index in [1.54, 1.807) is 0 Å². The molecule has 16 heavy (non-hydrogen) atoms. The van der Waals surface area contributed by atoms with Crippen LogP contribution in [0.5, 0.6) is 0 Å². The van der Waals surface area contributed by atoms with Crippen molar-refractivity contribution in [3.63, 3.8) is 0 Å². The zero-order chi connectivity index (χ0) is 11.3. The van der Waals surface area contributed by atoms with Crippen LogP contribution in [0.1, 0.15) is 53.4 Å². The van der Waals surface area contributed by atoms with Crippen LogP contribution in [0, 0.1) is 28.6 Å². The zero-order valence-electron chi connectivity index (χ0n) is 11.0. The Morgan fingerprint density at radius 1 is 1.00 bits per heavy atom. The molecule has 3 saturated carbocycles. The number of fused-ring (bicyclic) bond motifs is 3. The lowest BCUT2D eigenvalue weighted by molar-refractivity contribution is 0.0866. The van der Waals surface area contributed by atoms with Gasteiger partial charge in [0.1, 0.15) is 0 Å². The second-order valence-corrected chi connectivity index (χ2v) is 7.84. The average molecular weight is 220 g/mol. The van der Waals surface area contributed by atoms with Crippen molar-refractivity contribution < 1.29 is 4.74 Å². The van der Waals surface area contributed by atoms with Crippen molar-refractivity contribution in [1.29, 1.82) is 0 Å². The minimum atomic E-state index is 0.263. The molecule has 0 aromatic heterocycles. The van der Waals surface area contributed by atoms with E-state index in [0.29, 0.717) is 16.9 Å². The summed E-state index contributed by atoms with van der Waals surface area (Å²) < 4.78 is 6.09. The molecule has 2 unspecified atom stereocenters. The largest absolute Gasteiger partial charge is 0.366 e. The summed E-state index contributed by atoms with van der Waals surface area (Å²) >= 11 is 0. The van der Waals surface area contributed by atoms with Crippen LogP contribution < -0.4 is 0 Å². The van der Waals surface area contributed by atoms with Crippen molar-refractivity contribution in [2.24, 2.45) is 28.6 Å². The molecule has 4 aliphatic rings. The van der Waals surface area contributed by atoms with E-state index in [1.807, 2.05) is 0 Å². The van der Waals surface area contributed by atoms with Gasteiger partial charge in [0.05, 0.1) is 11.7 Å². The summed E-state index contributed by atoms with van der Waals surface area (Å²) in [6.45, 7) is 9.93. The van der Waals surface area contributed by atoms with Gasteiger partial charge in [-0.2, -0.15) is 0 Å². The van der Waals surface area contributed by atoms with Gasteiger partial charge in [-0.25, -0.2) is 0 Å². The SMILES string of the molecule is C[C@@H]1CC[C@H]2C(C)(C)[C@@H]3C[C@]12CC1OC13C. The van der Waals surface area contributed by atoms with E-state index in [2.05, 4.69) is 27.7 Å². The fourth-order valence-corrected chi connectivity index (χ4v) is 6.21. The maximum Gasteiger partial charge on any atom is 0.0954 e. The molecule has 4 fully saturated rings. The monoisotopic (exact) mass is 220 g/mol. The molecule has 4 rings (SSSR count). The van der Waals surface area contributed by atoms with Gasteiger partial charge in [-0.3, -0.25) is 0 Å². The van der Waals surface area contributed by atoms with E-state index in [-0.39, 0.29) is 5.60 Å². The third kappa shape index (κ3) is 0.805. The molecule has 90 valence electrons. The first-order chi connectivity index (χ1) is 7.41. The number of rotatable bonds is 0. The molecular formula is C15H24O. The lowest BCUT2D eigenvalue weighted by Crippen LogP contribution is -2.36. The number of hydrogen-bond acceptors (Lipinski definition) is 1. The number of hydrogen-bond donors (Lipinski definition) is 0. The van der Waals surface area contributed by atoms with E-state index in [4.69, 9.17) is 4.74 Å². The van der Waals surface area contributed by atoms with Gasteiger partial charge in [-0.1, -0.05) is 20.8 Å². The molecule has 0 N–H and O–H groups in total. The van der Waals surface area contributed by atoms with E-state index < -0.39 is 0 Å². The van der Waals surface area contributed by atoms with Crippen LogP contribution in [0.2, 0.25) is 0 Å². The van der Waals surface area contributed by atoms with Crippen LogP contribution in [0.25, 0.3) is 0 Å². The van der Waals surface area contributed by atoms with Crippen LogP contribution in [-0.2, 0) is 4.74 Å². The minimum Gasteiger partial charge on any atom is -0.366 e. The van der Waals surface area contributed by atoms with Gasteiger partial charge < -0.3 is 4.74 Å². The molecule has 2 bridgehead atoms. The molecule has 1 saturated heterocycles. The molecule has 1 spiro atoms. The Morgan fingerprint density at radius 3 is 2.50 bits per heavy atom. The average Bonchev–Trinajstić information content (AvgIpc) is 2.67. The summed E-state index contributed by atoms with van der Waals surface area (Å²) in [6, 6.07) is 0. The highest BCUT2D eigenvalue weighted by molar-refractivity contribution is 5.24. The van der Waals surface area contributed by atoms with E-state index in [0.717, 1.165) is 17.8 Å². The lowest BCUT2D eigenvalue weighted by Gasteiger charge is -2.37. The zero-order valence-corrected chi connectivity index (χ0v) is 11.0. The first-order valence-corrected chi connectivity index (χ1v) is 7.09. The third-order valence-electron chi connectivity index (χ3n) is 7.18. The Morgan fingerprint density at radius 2 is 1.75 bits per heavy atom. The summed E-state index contributed by atoms with van der Waals surface area (Å²) in [5, 5.41) is 0. The first-order valence-electron chi connectivity index (χ1n) is 7.09. The number of ether oxygens (including phenoxy) is 1. The topological polar surface area (TPSA) is 12.5 Å². The van der Waals surface area contributed by atoms with E-state index in [1.165, 1.54) is 25.7 Å². The molecule has 0 aromatic rings. The fraction of sp³-hybridized carbons (Fsp3) is 1.00. The maximum absolute atomic E-state index is 6.09. The van der Waals surface area contributed by atoms with Crippen molar-refractivity contribution in [2.45, 2.75) is 65.1 Å². The van der Waals surface area contributed by atoms with Crippen LogP contribution >= 0.6 is 0 Å². The molecule has 1 heteroatoms. The molecule has 1 nitrogen and oxygen atoms in total. The minimum absolute atomic E-state index is 0.263. The highest BCUT2D eigenvalue weighted by Crippen LogP contribution is 2.77. The molecule has 0 aromatic carbocycles. The Balaban J connectivity index is 1.85. The second kappa shape index (κ2) is 2.39. The van der Waals surface area contributed by atoms with Crippen molar-refractivity contribution >= 4 is 0 Å². The lowest BCUT2D eigenvalue weighted by atomic mass is 9.66. The first kappa shape index (κ1) is 9.94. The summed E-state index contributed by atoms with van der Waals surface area (Å²) in [6.07, 6.45) is 6.38. The Labute approximate surface area is 98.9 Å². The van der Waals surface area contributed by atoms with Gasteiger partial charge in [0, 0.05) is 0 Å². The highest BCUT2D eigenvalue weighted by Gasteiger charge is 2.76. The predicted octanol–water partition coefficient (Wildman–Crippen LogP) is 3.63. The molecular weight excluding hydrogens is 196 g/mol. The molecule has 6 atom stereocenters. The fourth-order valence-electron chi connectivity index (χ4n) is 6.21. The molecule has 1 aliphatic heterocycles. The highest BCUT2D eigenvalue weighted by atomic mass is 16.6. The maximum atomic E-state index is 6.09. The smallest absolute Gasteiger partial charge is 0.0954 e. The van der Waals surface area contributed by atoms with Crippen molar-refractivity contribution in [3.8, 4) is 0 Å². The van der Waals surface area contributed by atoms with Gasteiger partial charge in [0.15, 0.2) is 0 Å². The predicted molar refractivity (Wildman–Crippen MR) is 64.1 cm³/mol. The third-order valence-corrected chi connectivity index (χ3v) is 7.18. The summed E-state index contributed by atoms with van der Waals surface area (Å²) in [7, 11) is 0. The van der Waals surface area contributed by atoms with E-state index in [9.17, 15) is 0 Å². The molecule has 0 amide bonds. The summed E-state index contributed by atoms with van der Waals surface area (Å²) in [5.74, 6) is 2.75. The Bertz CT molecular complexity index is 356. The van der Waals surface area contributed by atoms with Crippen LogP contribution in [0.15, 0.2) is 0 Å². The van der Waals surface area contributed by atoms with Crippen LogP contribution in [-0.4, -0.2) is 11.7 Å². The van der Waals surface area contributed by atoms with Gasteiger partial charge in [0.2, 0.25) is 0 Å². The molecule has 3 aliphatic carbocycles.